The highest BCUT2D eigenvalue weighted by atomic mass is 15.2. The molecule has 0 saturated carbocycles. The van der Waals surface area contributed by atoms with Gasteiger partial charge >= 0.3 is 0 Å². The van der Waals surface area contributed by atoms with Gasteiger partial charge in [-0.25, -0.2) is 4.98 Å². The smallest absolute Gasteiger partial charge is 0.116 e. The predicted octanol–water partition coefficient (Wildman–Crippen LogP) is -0.377. The number of likely N-dealkylation sites (N-methyl/N-ethyl adjacent to an activating group) is 1. The number of aromatic nitrogens is 2. The second-order valence-corrected chi connectivity index (χ2v) is 3.55. The van der Waals surface area contributed by atoms with Crippen LogP contribution in [0.1, 0.15) is 5.69 Å². The number of hydrogen-bond acceptors (Lipinski definition) is 4. The van der Waals surface area contributed by atoms with E-state index in [1.54, 1.807) is 12.5 Å². The van der Waals surface area contributed by atoms with Gasteiger partial charge in [-0.15, -0.1) is 0 Å². The molecule has 2 heterocycles. The van der Waals surface area contributed by atoms with Crippen molar-refractivity contribution in [2.45, 2.75) is 12.5 Å². The summed E-state index contributed by atoms with van der Waals surface area (Å²) in [6.45, 7) is 1.84. The Morgan fingerprint density at radius 1 is 1.71 bits per heavy atom. The zero-order valence-electron chi connectivity index (χ0n) is 8.27. The minimum Gasteiger partial charge on any atom is -0.360 e. The minimum atomic E-state index is -0.0250. The summed E-state index contributed by atoms with van der Waals surface area (Å²) in [6, 6.07) is -0.0250. The van der Waals surface area contributed by atoms with E-state index in [1.807, 2.05) is 7.05 Å². The van der Waals surface area contributed by atoms with Crippen molar-refractivity contribution in [3.8, 4) is 0 Å². The fourth-order valence-electron chi connectivity index (χ4n) is 1.67. The zero-order valence-corrected chi connectivity index (χ0v) is 8.27. The topological polar surface area (TPSA) is 70.3 Å². The van der Waals surface area contributed by atoms with E-state index in [0.717, 1.165) is 31.0 Å². The molecular weight excluding hydrogens is 178 g/mol. The van der Waals surface area contributed by atoms with Crippen LogP contribution in [-0.4, -0.2) is 46.9 Å². The lowest BCUT2D eigenvalue weighted by atomic mass is 10.1. The molecule has 0 spiro atoms. The molecule has 5 heteroatoms. The van der Waals surface area contributed by atoms with Gasteiger partial charge in [0.1, 0.15) is 5.84 Å². The highest BCUT2D eigenvalue weighted by Gasteiger charge is 2.19. The van der Waals surface area contributed by atoms with Crippen LogP contribution < -0.4 is 5.73 Å². The monoisotopic (exact) mass is 193 g/mol. The zero-order chi connectivity index (χ0) is 9.97. The van der Waals surface area contributed by atoms with Crippen molar-refractivity contribution in [1.82, 2.24) is 14.9 Å². The Hall–Kier alpha value is -1.36. The first-order valence-electron chi connectivity index (χ1n) is 4.75. The quantitative estimate of drug-likeness (QED) is 0.687. The van der Waals surface area contributed by atoms with Gasteiger partial charge in [0, 0.05) is 31.9 Å². The van der Waals surface area contributed by atoms with Gasteiger partial charge < -0.3 is 15.6 Å². The Morgan fingerprint density at radius 3 is 3.14 bits per heavy atom. The summed E-state index contributed by atoms with van der Waals surface area (Å²) in [6.07, 6.45) is 4.24. The molecule has 1 atom stereocenters. The average molecular weight is 193 g/mol. The third-order valence-electron chi connectivity index (χ3n) is 2.43. The van der Waals surface area contributed by atoms with E-state index in [9.17, 15) is 0 Å². The molecule has 1 aliphatic rings. The van der Waals surface area contributed by atoms with Gasteiger partial charge in [-0.05, 0) is 0 Å². The van der Waals surface area contributed by atoms with E-state index in [-0.39, 0.29) is 6.04 Å². The summed E-state index contributed by atoms with van der Waals surface area (Å²) in [7, 11) is 2.03. The van der Waals surface area contributed by atoms with E-state index in [0.29, 0.717) is 0 Å². The Labute approximate surface area is 83.0 Å². The van der Waals surface area contributed by atoms with Crippen molar-refractivity contribution < 1.29 is 0 Å². The van der Waals surface area contributed by atoms with Crippen molar-refractivity contribution in [3.05, 3.63) is 18.2 Å². The van der Waals surface area contributed by atoms with Crippen LogP contribution in [-0.2, 0) is 6.42 Å². The third-order valence-corrected chi connectivity index (χ3v) is 2.43. The number of aliphatic imine (C=N–C) groups is 1. The van der Waals surface area contributed by atoms with Gasteiger partial charge in [-0.1, -0.05) is 0 Å². The molecule has 76 valence electrons. The Morgan fingerprint density at radius 2 is 2.57 bits per heavy atom. The highest BCUT2D eigenvalue weighted by Crippen LogP contribution is 2.05. The van der Waals surface area contributed by atoms with Gasteiger partial charge in [-0.2, -0.15) is 0 Å². The predicted molar refractivity (Wildman–Crippen MR) is 55.2 cm³/mol. The van der Waals surface area contributed by atoms with E-state index in [1.165, 1.54) is 0 Å². The summed E-state index contributed by atoms with van der Waals surface area (Å²) < 4.78 is 0. The maximum Gasteiger partial charge on any atom is 0.116 e. The summed E-state index contributed by atoms with van der Waals surface area (Å²) >= 11 is 0. The number of imidazole rings is 1. The molecule has 1 aromatic heterocycles. The first-order chi connectivity index (χ1) is 6.77. The number of aromatic amines is 1. The molecule has 0 fully saturated rings. The number of nitrogens with two attached hydrogens (primary N) is 1. The number of rotatable bonds is 3. The van der Waals surface area contributed by atoms with Gasteiger partial charge in [0.05, 0.1) is 18.9 Å². The average Bonchev–Trinajstić information content (AvgIpc) is 2.75. The van der Waals surface area contributed by atoms with Crippen LogP contribution >= 0.6 is 0 Å². The molecule has 0 aromatic carbocycles. The first kappa shape index (κ1) is 9.21. The minimum absolute atomic E-state index is 0.0250. The highest BCUT2D eigenvalue weighted by molar-refractivity contribution is 5.88. The van der Waals surface area contributed by atoms with Crippen molar-refractivity contribution in [3.63, 3.8) is 0 Å². The normalized spacial score (nSPS) is 18.4. The van der Waals surface area contributed by atoms with Gasteiger partial charge in [0.2, 0.25) is 0 Å². The number of nitrogens with zero attached hydrogens (tertiary/aromatic N) is 3. The van der Waals surface area contributed by atoms with Crippen LogP contribution in [0.2, 0.25) is 0 Å². The first-order valence-corrected chi connectivity index (χ1v) is 4.75. The van der Waals surface area contributed by atoms with Crippen molar-refractivity contribution in [1.29, 1.82) is 0 Å². The number of H-pyrrole nitrogens is 1. The van der Waals surface area contributed by atoms with Crippen LogP contribution in [0.25, 0.3) is 0 Å². The van der Waals surface area contributed by atoms with E-state index in [4.69, 9.17) is 5.73 Å². The van der Waals surface area contributed by atoms with Gasteiger partial charge in [-0.3, -0.25) is 4.99 Å². The Bertz CT molecular complexity index is 316. The molecule has 5 nitrogen and oxygen atoms in total. The molecule has 0 aliphatic carbocycles. The van der Waals surface area contributed by atoms with Crippen molar-refractivity contribution in [2.24, 2.45) is 10.7 Å². The van der Waals surface area contributed by atoms with Crippen LogP contribution in [0.5, 0.6) is 0 Å². The van der Waals surface area contributed by atoms with Crippen LogP contribution in [0.3, 0.4) is 0 Å². The van der Waals surface area contributed by atoms with Crippen LogP contribution in [0.4, 0.5) is 0 Å². The van der Waals surface area contributed by atoms with Crippen molar-refractivity contribution in [2.75, 3.05) is 20.1 Å². The van der Waals surface area contributed by atoms with Gasteiger partial charge in [0.25, 0.3) is 0 Å². The fraction of sp³-hybridized carbons (Fsp3) is 0.556. The largest absolute Gasteiger partial charge is 0.360 e. The molecule has 3 N–H and O–H groups in total. The lowest BCUT2D eigenvalue weighted by Crippen LogP contribution is -2.40. The molecule has 0 saturated heterocycles. The van der Waals surface area contributed by atoms with Crippen LogP contribution in [0, 0.1) is 0 Å². The standard InChI is InChI=1S/C9H15N5/c1-14-3-2-12-9(14)8(10)4-7-5-11-6-13-7/h5-6,8H,2-4,10H2,1H3,(H,11,13)/t8-/m0/s1. The van der Waals surface area contributed by atoms with E-state index >= 15 is 0 Å². The fourth-order valence-corrected chi connectivity index (χ4v) is 1.67. The summed E-state index contributed by atoms with van der Waals surface area (Å²) in [4.78, 5) is 13.5. The maximum absolute atomic E-state index is 6.04. The molecule has 1 aliphatic heterocycles. The molecule has 0 bridgehead atoms. The molecule has 1 aromatic rings. The maximum atomic E-state index is 6.04. The lowest BCUT2D eigenvalue weighted by molar-refractivity contribution is 0.532. The van der Waals surface area contributed by atoms with E-state index in [2.05, 4.69) is 19.9 Å². The Kier molecular flexibility index (Phi) is 2.49. The molecule has 14 heavy (non-hydrogen) atoms. The number of nitrogens with one attached hydrogen (secondary N) is 1. The molecule has 0 unspecified atom stereocenters. The third kappa shape index (κ3) is 1.77. The number of hydrogen-bond donors (Lipinski definition) is 2. The van der Waals surface area contributed by atoms with Crippen molar-refractivity contribution >= 4 is 5.84 Å². The lowest BCUT2D eigenvalue weighted by Gasteiger charge is -2.19. The SMILES string of the molecule is CN1CCN=C1[C@@H](N)Cc1cnc[nH]1. The molecule has 2 rings (SSSR count). The summed E-state index contributed by atoms with van der Waals surface area (Å²) in [5.74, 6) is 1.000. The molecular formula is C9H15N5. The molecule has 0 amide bonds. The Balaban J connectivity index is 1.99. The second kappa shape index (κ2) is 3.79. The van der Waals surface area contributed by atoms with Gasteiger partial charge in [0.15, 0.2) is 0 Å². The van der Waals surface area contributed by atoms with E-state index < -0.39 is 0 Å². The second-order valence-electron chi connectivity index (χ2n) is 3.55. The number of amidine groups is 1. The van der Waals surface area contributed by atoms with Crippen LogP contribution in [0.15, 0.2) is 17.5 Å². The molecule has 0 radical (unpaired) electrons. The summed E-state index contributed by atoms with van der Waals surface area (Å²) in [5, 5.41) is 0. The summed E-state index contributed by atoms with van der Waals surface area (Å²) in [5.41, 5.74) is 7.10.